The van der Waals surface area contributed by atoms with Crippen molar-refractivity contribution in [3.05, 3.63) is 64.9 Å². The number of carboxylic acid groups (broad SMARTS) is 1. The average molecular weight is 308 g/mol. The van der Waals surface area contributed by atoms with Gasteiger partial charge < -0.3 is 10.0 Å². The molecule has 0 heterocycles. The molecule has 0 saturated carbocycles. The Morgan fingerprint density at radius 1 is 1.10 bits per heavy atom. The third-order valence-electron chi connectivity index (χ3n) is 3.07. The van der Waals surface area contributed by atoms with E-state index in [2.05, 4.69) is 0 Å². The van der Waals surface area contributed by atoms with Crippen LogP contribution in [-0.2, 0) is 11.3 Å². The molecule has 2 rings (SSSR count). The van der Waals surface area contributed by atoms with Crippen molar-refractivity contribution in [3.63, 3.8) is 0 Å². The molecule has 21 heavy (non-hydrogen) atoms. The minimum absolute atomic E-state index is 0.0316. The summed E-state index contributed by atoms with van der Waals surface area (Å²) in [7, 11) is 0. The van der Waals surface area contributed by atoms with E-state index < -0.39 is 5.97 Å². The fraction of sp³-hybridized carbons (Fsp3) is 0.188. The van der Waals surface area contributed by atoms with Crippen molar-refractivity contribution in [2.75, 3.05) is 11.4 Å². The van der Waals surface area contributed by atoms with Crippen LogP contribution in [0, 0.1) is 5.82 Å². The minimum atomic E-state index is -0.854. The zero-order valence-corrected chi connectivity index (χ0v) is 12.1. The van der Waals surface area contributed by atoms with Crippen LogP contribution >= 0.6 is 11.6 Å². The van der Waals surface area contributed by atoms with Crippen LogP contribution < -0.4 is 4.90 Å². The first-order valence-electron chi connectivity index (χ1n) is 6.51. The fourth-order valence-corrected chi connectivity index (χ4v) is 2.12. The quantitative estimate of drug-likeness (QED) is 0.878. The Bertz CT molecular complexity index is 599. The lowest BCUT2D eigenvalue weighted by Crippen LogP contribution is -2.25. The van der Waals surface area contributed by atoms with Gasteiger partial charge in [0.1, 0.15) is 5.82 Å². The number of hydrogen-bond acceptors (Lipinski definition) is 2. The maximum atomic E-state index is 12.9. The van der Waals surface area contributed by atoms with Crippen molar-refractivity contribution < 1.29 is 14.3 Å². The van der Waals surface area contributed by atoms with Gasteiger partial charge in [-0.1, -0.05) is 23.7 Å². The summed E-state index contributed by atoms with van der Waals surface area (Å²) in [5.74, 6) is -1.14. The molecule has 0 saturated heterocycles. The van der Waals surface area contributed by atoms with E-state index in [1.54, 1.807) is 24.3 Å². The standard InChI is InChI=1S/C16H15ClFNO2/c17-13-3-7-15(8-4-13)19(10-9-16(20)21)11-12-1-5-14(18)6-2-12/h1-8H,9-11H2,(H,20,21). The largest absolute Gasteiger partial charge is 0.481 e. The number of halogens is 2. The topological polar surface area (TPSA) is 40.5 Å². The summed E-state index contributed by atoms with van der Waals surface area (Å²) in [6, 6.07) is 13.4. The molecule has 0 bridgehead atoms. The highest BCUT2D eigenvalue weighted by atomic mass is 35.5. The smallest absolute Gasteiger partial charge is 0.305 e. The second-order valence-corrected chi connectivity index (χ2v) is 5.10. The van der Waals surface area contributed by atoms with Crippen LogP contribution in [0.15, 0.2) is 48.5 Å². The van der Waals surface area contributed by atoms with Crippen molar-refractivity contribution in [3.8, 4) is 0 Å². The summed E-state index contributed by atoms with van der Waals surface area (Å²) in [6.07, 6.45) is 0.0316. The van der Waals surface area contributed by atoms with Gasteiger partial charge in [0.05, 0.1) is 6.42 Å². The average Bonchev–Trinajstić information content (AvgIpc) is 2.46. The third kappa shape index (κ3) is 4.76. The fourth-order valence-electron chi connectivity index (χ4n) is 1.99. The molecule has 0 aliphatic rings. The molecule has 0 aromatic heterocycles. The summed E-state index contributed by atoms with van der Waals surface area (Å²) < 4.78 is 12.9. The molecular weight excluding hydrogens is 293 g/mol. The molecule has 0 atom stereocenters. The SMILES string of the molecule is O=C(O)CCN(Cc1ccc(F)cc1)c1ccc(Cl)cc1. The predicted molar refractivity (Wildman–Crippen MR) is 81.2 cm³/mol. The number of anilines is 1. The number of aliphatic carboxylic acids is 1. The van der Waals surface area contributed by atoms with Crippen LogP contribution in [0.3, 0.4) is 0 Å². The van der Waals surface area contributed by atoms with Crippen LogP contribution in [0.1, 0.15) is 12.0 Å². The number of carboxylic acids is 1. The van der Waals surface area contributed by atoms with Crippen molar-refractivity contribution in [2.45, 2.75) is 13.0 Å². The zero-order valence-electron chi connectivity index (χ0n) is 11.3. The molecule has 5 heteroatoms. The van der Waals surface area contributed by atoms with Crippen LogP contribution in [0.2, 0.25) is 5.02 Å². The van der Waals surface area contributed by atoms with Crippen molar-refractivity contribution in [1.82, 2.24) is 0 Å². The summed E-state index contributed by atoms with van der Waals surface area (Å²) in [6.45, 7) is 0.879. The first kappa shape index (κ1) is 15.3. The Kier molecular flexibility index (Phi) is 5.17. The number of nitrogens with zero attached hydrogens (tertiary/aromatic N) is 1. The maximum absolute atomic E-state index is 12.9. The molecule has 0 amide bonds. The second-order valence-electron chi connectivity index (χ2n) is 4.67. The highest BCUT2D eigenvalue weighted by molar-refractivity contribution is 6.30. The van der Waals surface area contributed by atoms with Crippen molar-refractivity contribution in [2.24, 2.45) is 0 Å². The predicted octanol–water partition coefficient (Wildman–Crippen LogP) is 3.96. The molecule has 2 aromatic carbocycles. The Morgan fingerprint density at radius 3 is 2.29 bits per heavy atom. The van der Waals surface area contributed by atoms with E-state index >= 15 is 0 Å². The Hall–Kier alpha value is -2.07. The lowest BCUT2D eigenvalue weighted by Gasteiger charge is -2.24. The van der Waals surface area contributed by atoms with Gasteiger partial charge in [0, 0.05) is 23.8 Å². The van der Waals surface area contributed by atoms with E-state index in [4.69, 9.17) is 16.7 Å². The number of hydrogen-bond donors (Lipinski definition) is 1. The van der Waals surface area contributed by atoms with Gasteiger partial charge in [0.15, 0.2) is 0 Å². The number of rotatable bonds is 6. The van der Waals surface area contributed by atoms with Gasteiger partial charge >= 0.3 is 5.97 Å². The van der Waals surface area contributed by atoms with E-state index in [0.29, 0.717) is 18.1 Å². The lowest BCUT2D eigenvalue weighted by molar-refractivity contribution is -0.136. The normalized spacial score (nSPS) is 10.4. The van der Waals surface area contributed by atoms with Gasteiger partial charge in [0.2, 0.25) is 0 Å². The van der Waals surface area contributed by atoms with Crippen molar-refractivity contribution in [1.29, 1.82) is 0 Å². The Balaban J connectivity index is 2.16. The zero-order chi connectivity index (χ0) is 15.2. The number of benzene rings is 2. The van der Waals surface area contributed by atoms with Crippen LogP contribution in [0.25, 0.3) is 0 Å². The van der Waals surface area contributed by atoms with Crippen LogP contribution in [-0.4, -0.2) is 17.6 Å². The van der Waals surface area contributed by atoms with Crippen LogP contribution in [0.4, 0.5) is 10.1 Å². The van der Waals surface area contributed by atoms with Gasteiger partial charge in [0.25, 0.3) is 0 Å². The molecule has 0 spiro atoms. The molecule has 0 unspecified atom stereocenters. The van der Waals surface area contributed by atoms with Crippen LogP contribution in [0.5, 0.6) is 0 Å². The summed E-state index contributed by atoms with van der Waals surface area (Å²) in [5, 5.41) is 9.48. The van der Waals surface area contributed by atoms with E-state index in [0.717, 1.165) is 11.3 Å². The highest BCUT2D eigenvalue weighted by Crippen LogP contribution is 2.20. The minimum Gasteiger partial charge on any atom is -0.481 e. The molecule has 2 aromatic rings. The van der Waals surface area contributed by atoms with Gasteiger partial charge in [-0.2, -0.15) is 0 Å². The third-order valence-corrected chi connectivity index (χ3v) is 3.33. The van der Waals surface area contributed by atoms with E-state index in [1.165, 1.54) is 12.1 Å². The molecule has 3 nitrogen and oxygen atoms in total. The van der Waals surface area contributed by atoms with E-state index in [9.17, 15) is 9.18 Å². The monoisotopic (exact) mass is 307 g/mol. The molecule has 0 aliphatic heterocycles. The maximum Gasteiger partial charge on any atom is 0.305 e. The van der Waals surface area contributed by atoms with Gasteiger partial charge in [-0.05, 0) is 42.0 Å². The summed E-state index contributed by atoms with van der Waals surface area (Å²) in [5.41, 5.74) is 1.79. The molecule has 110 valence electrons. The van der Waals surface area contributed by atoms with E-state index in [1.807, 2.05) is 17.0 Å². The summed E-state index contributed by atoms with van der Waals surface area (Å²) >= 11 is 5.87. The molecule has 1 N–H and O–H groups in total. The lowest BCUT2D eigenvalue weighted by atomic mass is 10.2. The highest BCUT2D eigenvalue weighted by Gasteiger charge is 2.10. The van der Waals surface area contributed by atoms with Gasteiger partial charge in [-0.15, -0.1) is 0 Å². The van der Waals surface area contributed by atoms with E-state index in [-0.39, 0.29) is 12.2 Å². The second kappa shape index (κ2) is 7.09. The summed E-state index contributed by atoms with van der Waals surface area (Å²) in [4.78, 5) is 12.7. The Labute approximate surface area is 127 Å². The molecular formula is C16H15ClFNO2. The Morgan fingerprint density at radius 2 is 1.71 bits per heavy atom. The first-order valence-corrected chi connectivity index (χ1v) is 6.89. The molecule has 0 aliphatic carbocycles. The van der Waals surface area contributed by atoms with Gasteiger partial charge in [-0.25, -0.2) is 4.39 Å². The molecule has 0 fully saturated rings. The van der Waals surface area contributed by atoms with Crippen molar-refractivity contribution >= 4 is 23.3 Å². The van der Waals surface area contributed by atoms with Gasteiger partial charge in [-0.3, -0.25) is 4.79 Å². The first-order chi connectivity index (χ1) is 10.0. The molecule has 0 radical (unpaired) electrons. The number of carbonyl (C=O) groups is 1.